The van der Waals surface area contributed by atoms with Crippen molar-refractivity contribution in [1.29, 1.82) is 0 Å². The third-order valence-electron chi connectivity index (χ3n) is 6.01. The maximum absolute atomic E-state index is 14.5. The van der Waals surface area contributed by atoms with Crippen LogP contribution in [0.4, 0.5) is 10.3 Å². The lowest BCUT2D eigenvalue weighted by molar-refractivity contribution is 0.0601. The normalized spacial score (nSPS) is 15.2. The van der Waals surface area contributed by atoms with Gasteiger partial charge in [-0.1, -0.05) is 43.9 Å². The zero-order valence-corrected chi connectivity index (χ0v) is 17.6. The first-order chi connectivity index (χ1) is 14.6. The quantitative estimate of drug-likeness (QED) is 0.429. The maximum Gasteiger partial charge on any atom is 0.337 e. The maximum atomic E-state index is 14.5. The molecule has 6 heteroatoms. The van der Waals surface area contributed by atoms with Gasteiger partial charge in [-0.05, 0) is 43.5 Å². The van der Waals surface area contributed by atoms with E-state index in [1.807, 2.05) is 12.1 Å². The van der Waals surface area contributed by atoms with Crippen LogP contribution in [0.25, 0.3) is 11.0 Å². The van der Waals surface area contributed by atoms with Crippen LogP contribution < -0.4 is 5.32 Å². The predicted octanol–water partition coefficient (Wildman–Crippen LogP) is 5.78. The molecule has 0 atom stereocenters. The molecule has 0 aliphatic heterocycles. The van der Waals surface area contributed by atoms with Crippen molar-refractivity contribution in [2.75, 3.05) is 12.4 Å². The Labute approximate surface area is 176 Å². The third kappa shape index (κ3) is 4.04. The van der Waals surface area contributed by atoms with Crippen molar-refractivity contribution in [3.63, 3.8) is 0 Å². The number of carbonyl (C=O) groups is 1. The molecule has 1 fully saturated rings. The van der Waals surface area contributed by atoms with Crippen molar-refractivity contribution in [2.45, 2.75) is 58.0 Å². The zero-order valence-electron chi connectivity index (χ0n) is 17.6. The first-order valence-electron chi connectivity index (χ1n) is 10.7. The van der Waals surface area contributed by atoms with E-state index in [0.29, 0.717) is 29.3 Å². The Bertz CT molecular complexity index is 1050. The van der Waals surface area contributed by atoms with E-state index in [-0.39, 0.29) is 11.8 Å². The van der Waals surface area contributed by atoms with E-state index in [1.165, 1.54) is 32.8 Å². The number of esters is 1. The fourth-order valence-electron chi connectivity index (χ4n) is 4.37. The first-order valence-corrected chi connectivity index (χ1v) is 10.7. The van der Waals surface area contributed by atoms with Gasteiger partial charge in [0.05, 0.1) is 23.7 Å². The highest BCUT2D eigenvalue weighted by atomic mass is 19.1. The van der Waals surface area contributed by atoms with E-state index in [1.54, 1.807) is 31.2 Å². The summed E-state index contributed by atoms with van der Waals surface area (Å²) in [5.74, 6) is 0.159. The molecule has 5 nitrogen and oxygen atoms in total. The van der Waals surface area contributed by atoms with E-state index >= 15 is 0 Å². The molecule has 3 aromatic rings. The van der Waals surface area contributed by atoms with Crippen molar-refractivity contribution in [3.05, 3.63) is 58.9 Å². The molecule has 0 unspecified atom stereocenters. The summed E-state index contributed by atoms with van der Waals surface area (Å²) in [7, 11) is 1.38. The summed E-state index contributed by atoms with van der Waals surface area (Å²) < 4.78 is 21.6. The first kappa shape index (κ1) is 20.4. The van der Waals surface area contributed by atoms with Crippen LogP contribution in [0.15, 0.2) is 36.4 Å². The topological polar surface area (TPSA) is 56.1 Å². The van der Waals surface area contributed by atoms with E-state index in [9.17, 15) is 9.18 Å². The number of methoxy groups -OCH3 is 1. The number of aromatic nitrogens is 2. The van der Waals surface area contributed by atoms with Crippen molar-refractivity contribution in [3.8, 4) is 0 Å². The highest BCUT2D eigenvalue weighted by Crippen LogP contribution is 2.34. The Morgan fingerprint density at radius 1 is 1.20 bits per heavy atom. The van der Waals surface area contributed by atoms with Gasteiger partial charge in [-0.2, -0.15) is 0 Å². The van der Waals surface area contributed by atoms with Gasteiger partial charge in [0.2, 0.25) is 5.95 Å². The number of halogens is 1. The van der Waals surface area contributed by atoms with Crippen LogP contribution in [0, 0.1) is 12.7 Å². The summed E-state index contributed by atoms with van der Waals surface area (Å²) in [6, 6.07) is 11.3. The highest BCUT2D eigenvalue weighted by Gasteiger charge is 2.22. The van der Waals surface area contributed by atoms with Crippen LogP contribution >= 0.6 is 0 Å². The average Bonchev–Trinajstić information content (AvgIpc) is 2.91. The van der Waals surface area contributed by atoms with Gasteiger partial charge in [-0.25, -0.2) is 14.2 Å². The minimum absolute atomic E-state index is 0.185. The molecule has 1 aromatic heterocycles. The van der Waals surface area contributed by atoms with Gasteiger partial charge in [-0.3, -0.25) is 0 Å². The van der Waals surface area contributed by atoms with Crippen molar-refractivity contribution in [2.24, 2.45) is 0 Å². The number of fused-ring (bicyclic) bond motifs is 1. The monoisotopic (exact) mass is 409 g/mol. The largest absolute Gasteiger partial charge is 0.465 e. The van der Waals surface area contributed by atoms with Gasteiger partial charge in [0, 0.05) is 18.2 Å². The lowest BCUT2D eigenvalue weighted by Crippen LogP contribution is -2.14. The number of ether oxygens (including phenoxy) is 1. The molecule has 0 bridgehead atoms. The number of carbonyl (C=O) groups excluding carboxylic acids is 1. The Hall–Kier alpha value is -2.89. The second-order valence-electron chi connectivity index (χ2n) is 8.05. The predicted molar refractivity (Wildman–Crippen MR) is 116 cm³/mol. The number of imidazole rings is 1. The molecular weight excluding hydrogens is 381 g/mol. The molecule has 0 radical (unpaired) electrons. The number of anilines is 1. The molecule has 4 rings (SSSR count). The lowest BCUT2D eigenvalue weighted by atomic mass is 10.1. The van der Waals surface area contributed by atoms with Gasteiger partial charge in [0.15, 0.2) is 0 Å². The summed E-state index contributed by atoms with van der Waals surface area (Å²) in [5, 5.41) is 3.36. The number of hydrogen-bond acceptors (Lipinski definition) is 4. The molecule has 2 aromatic carbocycles. The molecule has 0 spiro atoms. The second-order valence-corrected chi connectivity index (χ2v) is 8.05. The van der Waals surface area contributed by atoms with Crippen LogP contribution in [0.3, 0.4) is 0 Å². The second kappa shape index (κ2) is 8.86. The van der Waals surface area contributed by atoms with Crippen LogP contribution in [0.2, 0.25) is 0 Å². The van der Waals surface area contributed by atoms with Gasteiger partial charge < -0.3 is 14.6 Å². The molecule has 1 heterocycles. The fourth-order valence-corrected chi connectivity index (χ4v) is 4.37. The molecule has 1 aliphatic rings. The van der Waals surface area contributed by atoms with Crippen LogP contribution in [-0.4, -0.2) is 22.6 Å². The summed E-state index contributed by atoms with van der Waals surface area (Å²) >= 11 is 0. The minimum Gasteiger partial charge on any atom is -0.465 e. The Morgan fingerprint density at radius 3 is 2.70 bits per heavy atom. The summed E-state index contributed by atoms with van der Waals surface area (Å²) in [6.45, 7) is 2.13. The smallest absolute Gasteiger partial charge is 0.337 e. The van der Waals surface area contributed by atoms with Crippen LogP contribution in [0.1, 0.15) is 66.1 Å². The molecule has 158 valence electrons. The zero-order chi connectivity index (χ0) is 21.1. The minimum atomic E-state index is -0.378. The van der Waals surface area contributed by atoms with E-state index < -0.39 is 0 Å². The molecule has 1 aliphatic carbocycles. The SMILES string of the molecule is COC(=O)c1ccc2c(c1)nc(NCc1cccc(C)c1F)n2C1CCCCCC1. The highest BCUT2D eigenvalue weighted by molar-refractivity contribution is 5.94. The fraction of sp³-hybridized carbons (Fsp3) is 0.417. The molecule has 1 N–H and O–H groups in total. The summed E-state index contributed by atoms with van der Waals surface area (Å²) in [5.41, 5.74) is 3.46. The molecule has 0 amide bonds. The molecule has 1 saturated carbocycles. The van der Waals surface area contributed by atoms with Gasteiger partial charge in [0.25, 0.3) is 0 Å². The molecule has 0 saturated heterocycles. The summed E-state index contributed by atoms with van der Waals surface area (Å²) in [4.78, 5) is 16.7. The Balaban J connectivity index is 1.72. The van der Waals surface area contributed by atoms with Crippen LogP contribution in [0.5, 0.6) is 0 Å². The number of nitrogens with one attached hydrogen (secondary N) is 1. The number of rotatable bonds is 5. The van der Waals surface area contributed by atoms with Crippen molar-refractivity contribution >= 4 is 23.0 Å². The van der Waals surface area contributed by atoms with Crippen LogP contribution in [-0.2, 0) is 11.3 Å². The Morgan fingerprint density at radius 2 is 1.97 bits per heavy atom. The number of aryl methyl sites for hydroxylation is 1. The summed E-state index contributed by atoms with van der Waals surface area (Å²) in [6.07, 6.45) is 7.09. The molecular formula is C24H28FN3O2. The van der Waals surface area contributed by atoms with Gasteiger partial charge >= 0.3 is 5.97 Å². The van der Waals surface area contributed by atoms with E-state index in [2.05, 4.69) is 9.88 Å². The van der Waals surface area contributed by atoms with E-state index in [0.717, 1.165) is 29.8 Å². The van der Waals surface area contributed by atoms with Gasteiger partial charge in [0.1, 0.15) is 5.82 Å². The number of nitrogens with zero attached hydrogens (tertiary/aromatic N) is 2. The van der Waals surface area contributed by atoms with E-state index in [4.69, 9.17) is 9.72 Å². The average molecular weight is 410 g/mol. The van der Waals surface area contributed by atoms with Crippen molar-refractivity contribution < 1.29 is 13.9 Å². The third-order valence-corrected chi connectivity index (χ3v) is 6.01. The standard InChI is InChI=1S/C24H28FN3O2/c1-16-8-7-9-18(22(16)25)15-26-24-27-20-14-17(23(29)30-2)12-13-21(20)28(24)19-10-5-3-4-6-11-19/h7-9,12-14,19H,3-6,10-11,15H2,1-2H3,(H,26,27). The number of hydrogen-bond donors (Lipinski definition) is 1. The Kier molecular flexibility index (Phi) is 6.02. The number of benzene rings is 2. The molecule has 30 heavy (non-hydrogen) atoms. The van der Waals surface area contributed by atoms with Gasteiger partial charge in [-0.15, -0.1) is 0 Å². The van der Waals surface area contributed by atoms with Crippen molar-refractivity contribution in [1.82, 2.24) is 9.55 Å². The lowest BCUT2D eigenvalue weighted by Gasteiger charge is -2.20.